The molecule has 0 fully saturated rings. The van der Waals surface area contributed by atoms with Crippen LogP contribution >= 0.6 is 11.3 Å². The molecule has 0 bridgehead atoms. The lowest BCUT2D eigenvalue weighted by Crippen LogP contribution is -2.02. The SMILES string of the molecule is CC(/C=C\N)=N\c1nc2cc(N=C(c3ccccc3)c3ccccc3)ncc2s1. The molecule has 0 atom stereocenters. The maximum atomic E-state index is 5.42. The Morgan fingerprint density at radius 3 is 2.24 bits per heavy atom. The first-order chi connectivity index (χ1) is 14.2. The summed E-state index contributed by atoms with van der Waals surface area (Å²) in [7, 11) is 0. The fourth-order valence-electron chi connectivity index (χ4n) is 2.85. The predicted octanol–water partition coefficient (Wildman–Crippen LogP) is 5.43. The van der Waals surface area contributed by atoms with E-state index < -0.39 is 0 Å². The number of nitrogens with two attached hydrogens (primary N) is 1. The van der Waals surface area contributed by atoms with Crippen molar-refractivity contribution in [3.8, 4) is 0 Å². The zero-order valence-electron chi connectivity index (χ0n) is 15.9. The highest BCUT2D eigenvalue weighted by molar-refractivity contribution is 7.22. The van der Waals surface area contributed by atoms with E-state index >= 15 is 0 Å². The molecular formula is C23H19N5S. The molecule has 2 aromatic carbocycles. The number of pyridine rings is 1. The third kappa shape index (κ3) is 4.44. The first-order valence-electron chi connectivity index (χ1n) is 9.12. The van der Waals surface area contributed by atoms with Crippen molar-refractivity contribution in [3.05, 3.63) is 96.3 Å². The van der Waals surface area contributed by atoms with E-state index in [4.69, 9.17) is 10.7 Å². The third-order valence-corrected chi connectivity index (χ3v) is 5.08. The summed E-state index contributed by atoms with van der Waals surface area (Å²) in [5.74, 6) is 0.611. The predicted molar refractivity (Wildman–Crippen MR) is 122 cm³/mol. The second-order valence-electron chi connectivity index (χ2n) is 6.31. The molecule has 4 rings (SSSR count). The van der Waals surface area contributed by atoms with Crippen molar-refractivity contribution in [2.75, 3.05) is 0 Å². The molecule has 2 N–H and O–H groups in total. The van der Waals surface area contributed by atoms with Crippen LogP contribution in [-0.4, -0.2) is 21.4 Å². The Hall–Kier alpha value is -3.64. The monoisotopic (exact) mass is 397 g/mol. The van der Waals surface area contributed by atoms with Crippen LogP contribution in [0.25, 0.3) is 10.2 Å². The molecular weight excluding hydrogens is 378 g/mol. The van der Waals surface area contributed by atoms with Gasteiger partial charge in [-0.1, -0.05) is 72.0 Å². The van der Waals surface area contributed by atoms with E-state index in [1.165, 1.54) is 17.5 Å². The number of hydrogen-bond acceptors (Lipinski definition) is 6. The van der Waals surface area contributed by atoms with Gasteiger partial charge in [0.1, 0.15) is 0 Å². The van der Waals surface area contributed by atoms with E-state index in [2.05, 4.69) is 15.0 Å². The summed E-state index contributed by atoms with van der Waals surface area (Å²) in [6.45, 7) is 1.88. The van der Waals surface area contributed by atoms with Gasteiger partial charge in [-0.15, -0.1) is 0 Å². The van der Waals surface area contributed by atoms with E-state index in [1.807, 2.05) is 73.7 Å². The van der Waals surface area contributed by atoms with E-state index in [0.29, 0.717) is 10.9 Å². The lowest BCUT2D eigenvalue weighted by molar-refractivity contribution is 1.29. The average molecular weight is 398 g/mol. The average Bonchev–Trinajstić information content (AvgIpc) is 3.14. The van der Waals surface area contributed by atoms with Gasteiger partial charge < -0.3 is 5.73 Å². The first kappa shape index (κ1) is 18.7. The van der Waals surface area contributed by atoms with Crippen LogP contribution in [0.5, 0.6) is 0 Å². The quantitative estimate of drug-likeness (QED) is 0.457. The highest BCUT2D eigenvalue weighted by atomic mass is 32.1. The van der Waals surface area contributed by atoms with Crippen molar-refractivity contribution in [2.45, 2.75) is 6.92 Å². The van der Waals surface area contributed by atoms with Gasteiger partial charge in [0.05, 0.1) is 15.9 Å². The molecule has 6 heteroatoms. The summed E-state index contributed by atoms with van der Waals surface area (Å²) in [6.07, 6.45) is 5.01. The Kier molecular flexibility index (Phi) is 5.54. The number of benzene rings is 2. The highest BCUT2D eigenvalue weighted by Gasteiger charge is 2.09. The van der Waals surface area contributed by atoms with Crippen molar-refractivity contribution in [2.24, 2.45) is 15.7 Å². The van der Waals surface area contributed by atoms with E-state index in [0.717, 1.165) is 32.8 Å². The van der Waals surface area contributed by atoms with Crippen LogP contribution < -0.4 is 5.73 Å². The second-order valence-corrected chi connectivity index (χ2v) is 7.32. The van der Waals surface area contributed by atoms with E-state index in [9.17, 15) is 0 Å². The summed E-state index contributed by atoms with van der Waals surface area (Å²) in [6, 6.07) is 22.1. The summed E-state index contributed by atoms with van der Waals surface area (Å²) < 4.78 is 0.966. The zero-order chi connectivity index (χ0) is 20.1. The normalized spacial score (nSPS) is 11.8. The van der Waals surface area contributed by atoms with Gasteiger partial charge >= 0.3 is 0 Å². The van der Waals surface area contributed by atoms with Gasteiger partial charge in [-0.3, -0.25) is 0 Å². The maximum absolute atomic E-state index is 5.42. The van der Waals surface area contributed by atoms with Crippen LogP contribution in [0.3, 0.4) is 0 Å². The Balaban J connectivity index is 1.77. The van der Waals surface area contributed by atoms with Gasteiger partial charge in [0.2, 0.25) is 5.13 Å². The van der Waals surface area contributed by atoms with Crippen LogP contribution in [0, 0.1) is 0 Å². The number of hydrogen-bond donors (Lipinski definition) is 1. The van der Waals surface area contributed by atoms with Crippen LogP contribution in [-0.2, 0) is 0 Å². The lowest BCUT2D eigenvalue weighted by atomic mass is 10.0. The Morgan fingerprint density at radius 1 is 0.966 bits per heavy atom. The maximum Gasteiger partial charge on any atom is 0.210 e. The molecule has 2 aromatic heterocycles. The summed E-state index contributed by atoms with van der Waals surface area (Å²) >= 11 is 1.49. The highest BCUT2D eigenvalue weighted by Crippen LogP contribution is 2.30. The Labute approximate surface area is 173 Å². The van der Waals surface area contributed by atoms with Gasteiger partial charge in [0, 0.05) is 29.1 Å². The van der Waals surface area contributed by atoms with Crippen molar-refractivity contribution in [1.82, 2.24) is 9.97 Å². The van der Waals surface area contributed by atoms with Gasteiger partial charge in [-0.2, -0.15) is 0 Å². The minimum Gasteiger partial charge on any atom is -0.405 e. The molecule has 0 amide bonds. The molecule has 2 heterocycles. The van der Waals surface area contributed by atoms with Crippen LogP contribution in [0.15, 0.2) is 95.2 Å². The van der Waals surface area contributed by atoms with E-state index in [-0.39, 0.29) is 0 Å². The molecule has 0 aliphatic rings. The molecule has 0 spiro atoms. The topological polar surface area (TPSA) is 76.5 Å². The molecule has 4 aromatic rings. The summed E-state index contributed by atoms with van der Waals surface area (Å²) in [4.78, 5) is 18.4. The number of thiazole rings is 1. The Morgan fingerprint density at radius 2 is 1.62 bits per heavy atom. The fourth-order valence-corrected chi connectivity index (χ4v) is 3.70. The first-order valence-corrected chi connectivity index (χ1v) is 9.94. The van der Waals surface area contributed by atoms with Gasteiger partial charge in [0.25, 0.3) is 0 Å². The molecule has 29 heavy (non-hydrogen) atoms. The number of fused-ring (bicyclic) bond motifs is 1. The third-order valence-electron chi connectivity index (χ3n) is 4.18. The lowest BCUT2D eigenvalue weighted by Gasteiger charge is -2.07. The van der Waals surface area contributed by atoms with Gasteiger partial charge in [-0.05, 0) is 19.2 Å². The van der Waals surface area contributed by atoms with Gasteiger partial charge in [0.15, 0.2) is 5.82 Å². The van der Waals surface area contributed by atoms with Crippen molar-refractivity contribution < 1.29 is 0 Å². The standard InChI is InChI=1S/C23H19N5S/c1-16(12-13-24)26-23-27-19-14-21(25-15-20(19)29-23)28-22(17-8-4-2-5-9-17)18-10-6-3-7-11-18/h2-15H,24H2,1H3/b13-12-,26-16+. The molecule has 5 nitrogen and oxygen atoms in total. The number of nitrogens with zero attached hydrogens (tertiary/aromatic N) is 4. The second kappa shape index (κ2) is 8.58. The minimum atomic E-state index is 0.611. The zero-order valence-corrected chi connectivity index (χ0v) is 16.7. The minimum absolute atomic E-state index is 0.611. The molecule has 0 radical (unpaired) electrons. The molecule has 142 valence electrons. The number of aromatic nitrogens is 2. The molecule has 0 aliphatic carbocycles. The summed E-state index contributed by atoms with van der Waals surface area (Å²) in [5, 5.41) is 0.671. The molecule has 0 unspecified atom stereocenters. The van der Waals surface area contributed by atoms with Crippen molar-refractivity contribution in [1.29, 1.82) is 0 Å². The van der Waals surface area contributed by atoms with Gasteiger partial charge in [-0.25, -0.2) is 20.0 Å². The Bertz CT molecular complexity index is 1170. The van der Waals surface area contributed by atoms with Crippen molar-refractivity contribution in [3.63, 3.8) is 0 Å². The van der Waals surface area contributed by atoms with Crippen LogP contribution in [0.1, 0.15) is 18.1 Å². The number of rotatable bonds is 5. The summed E-state index contributed by atoms with van der Waals surface area (Å²) in [5.41, 5.74) is 9.98. The molecule has 0 saturated heterocycles. The fraction of sp³-hybridized carbons (Fsp3) is 0.0435. The van der Waals surface area contributed by atoms with Crippen LogP contribution in [0.4, 0.5) is 10.9 Å². The molecule has 0 saturated carbocycles. The molecule has 0 aliphatic heterocycles. The smallest absolute Gasteiger partial charge is 0.210 e. The van der Waals surface area contributed by atoms with Crippen molar-refractivity contribution >= 4 is 43.9 Å². The largest absolute Gasteiger partial charge is 0.405 e. The number of aliphatic imine (C=N–C) groups is 2. The number of allylic oxidation sites excluding steroid dienone is 1. The van der Waals surface area contributed by atoms with E-state index in [1.54, 1.807) is 12.3 Å². The van der Waals surface area contributed by atoms with Crippen LogP contribution in [0.2, 0.25) is 0 Å².